The van der Waals surface area contributed by atoms with Crippen molar-refractivity contribution in [2.24, 2.45) is 5.41 Å². The first-order valence-corrected chi connectivity index (χ1v) is 8.98. The van der Waals surface area contributed by atoms with E-state index in [9.17, 15) is 4.79 Å². The zero-order valence-electron chi connectivity index (χ0n) is 14.7. The summed E-state index contributed by atoms with van der Waals surface area (Å²) in [6, 6.07) is 10.4. The molecule has 1 spiro atoms. The molecule has 1 saturated heterocycles. The molecule has 2 heterocycles. The number of rotatable bonds is 3. The Morgan fingerprint density at radius 3 is 2.68 bits per heavy atom. The van der Waals surface area contributed by atoms with Crippen molar-refractivity contribution in [3.05, 3.63) is 47.5 Å². The molecule has 5 nitrogen and oxygen atoms in total. The van der Waals surface area contributed by atoms with Crippen LogP contribution in [0.3, 0.4) is 0 Å². The van der Waals surface area contributed by atoms with Gasteiger partial charge in [-0.2, -0.15) is 0 Å². The summed E-state index contributed by atoms with van der Waals surface area (Å²) in [6.07, 6.45) is 4.30. The summed E-state index contributed by atoms with van der Waals surface area (Å²) in [5, 5.41) is 0. The second-order valence-electron chi connectivity index (χ2n) is 7.24. The highest BCUT2D eigenvalue weighted by atomic mass is 16.7. The van der Waals surface area contributed by atoms with Gasteiger partial charge in [-0.1, -0.05) is 36.4 Å². The molecule has 1 aromatic rings. The first kappa shape index (κ1) is 16.8. The number of ether oxygens (including phenoxy) is 3. The van der Waals surface area contributed by atoms with Gasteiger partial charge in [-0.05, 0) is 17.6 Å². The van der Waals surface area contributed by atoms with Gasteiger partial charge in [-0.25, -0.2) is 0 Å². The van der Waals surface area contributed by atoms with Gasteiger partial charge in [0.2, 0.25) is 0 Å². The molecule has 0 radical (unpaired) electrons. The van der Waals surface area contributed by atoms with E-state index in [0.29, 0.717) is 32.6 Å². The van der Waals surface area contributed by atoms with Crippen LogP contribution in [-0.4, -0.2) is 50.1 Å². The van der Waals surface area contributed by atoms with E-state index in [-0.39, 0.29) is 5.97 Å². The number of methoxy groups -OCH3 is 1. The van der Waals surface area contributed by atoms with Gasteiger partial charge >= 0.3 is 5.97 Å². The molecule has 3 aliphatic rings. The second-order valence-corrected chi connectivity index (χ2v) is 7.24. The van der Waals surface area contributed by atoms with Gasteiger partial charge in [0, 0.05) is 32.5 Å². The molecule has 0 bridgehead atoms. The molecule has 0 aromatic heterocycles. The maximum atomic E-state index is 12.8. The lowest BCUT2D eigenvalue weighted by atomic mass is 9.66. The Balaban J connectivity index is 1.58. The molecule has 134 valence electrons. The van der Waals surface area contributed by atoms with E-state index in [0.717, 1.165) is 25.1 Å². The molecule has 1 aliphatic carbocycles. The third kappa shape index (κ3) is 3.01. The highest BCUT2D eigenvalue weighted by molar-refractivity contribution is 5.81. The van der Waals surface area contributed by atoms with E-state index in [1.807, 2.05) is 6.07 Å². The zero-order valence-corrected chi connectivity index (χ0v) is 14.7. The Morgan fingerprint density at radius 2 is 1.96 bits per heavy atom. The molecule has 1 aromatic carbocycles. The Bertz CT molecular complexity index is 666. The normalized spacial score (nSPS) is 28.4. The largest absolute Gasteiger partial charge is 0.468 e. The van der Waals surface area contributed by atoms with E-state index in [2.05, 4.69) is 35.2 Å². The fourth-order valence-electron chi connectivity index (χ4n) is 4.44. The first-order chi connectivity index (χ1) is 12.2. The smallest absolute Gasteiger partial charge is 0.317 e. The van der Waals surface area contributed by atoms with Crippen LogP contribution in [0.2, 0.25) is 0 Å². The van der Waals surface area contributed by atoms with E-state index in [1.54, 1.807) is 0 Å². The van der Waals surface area contributed by atoms with Gasteiger partial charge in [0.1, 0.15) is 5.41 Å². The van der Waals surface area contributed by atoms with Gasteiger partial charge in [0.25, 0.3) is 0 Å². The van der Waals surface area contributed by atoms with Crippen LogP contribution in [0, 0.1) is 5.41 Å². The monoisotopic (exact) mass is 343 g/mol. The first-order valence-electron chi connectivity index (χ1n) is 8.98. The molecular formula is C20H25NO4. The predicted molar refractivity (Wildman–Crippen MR) is 92.7 cm³/mol. The SMILES string of the molecule is COC(=O)C12CCC3(CC1=CCN(Cc1ccccc1)C2)OCCO3. The topological polar surface area (TPSA) is 48.0 Å². The quantitative estimate of drug-likeness (QED) is 0.623. The summed E-state index contributed by atoms with van der Waals surface area (Å²) < 4.78 is 17.0. The van der Waals surface area contributed by atoms with Crippen LogP contribution in [0.4, 0.5) is 0 Å². The third-order valence-electron chi connectivity index (χ3n) is 5.74. The van der Waals surface area contributed by atoms with E-state index < -0.39 is 11.2 Å². The van der Waals surface area contributed by atoms with Crippen molar-refractivity contribution in [1.29, 1.82) is 0 Å². The van der Waals surface area contributed by atoms with Crippen LogP contribution in [-0.2, 0) is 25.5 Å². The summed E-state index contributed by atoms with van der Waals surface area (Å²) in [4.78, 5) is 15.1. The summed E-state index contributed by atoms with van der Waals surface area (Å²) in [5.41, 5.74) is 1.81. The van der Waals surface area contributed by atoms with Crippen LogP contribution < -0.4 is 0 Å². The average Bonchev–Trinajstić information content (AvgIpc) is 3.10. The number of benzene rings is 1. The van der Waals surface area contributed by atoms with Crippen molar-refractivity contribution < 1.29 is 19.0 Å². The minimum absolute atomic E-state index is 0.135. The summed E-state index contributed by atoms with van der Waals surface area (Å²) in [6.45, 7) is 3.63. The van der Waals surface area contributed by atoms with Crippen molar-refractivity contribution in [1.82, 2.24) is 4.90 Å². The van der Waals surface area contributed by atoms with E-state index in [1.165, 1.54) is 12.7 Å². The Hall–Kier alpha value is -1.69. The minimum Gasteiger partial charge on any atom is -0.468 e. The van der Waals surface area contributed by atoms with Gasteiger partial charge in [-0.15, -0.1) is 0 Å². The van der Waals surface area contributed by atoms with Gasteiger partial charge < -0.3 is 14.2 Å². The Labute approximate surface area is 148 Å². The highest BCUT2D eigenvalue weighted by Crippen LogP contribution is 2.50. The molecule has 1 atom stereocenters. The minimum atomic E-state index is -0.567. The van der Waals surface area contributed by atoms with Gasteiger partial charge in [0.15, 0.2) is 5.79 Å². The Morgan fingerprint density at radius 1 is 1.20 bits per heavy atom. The predicted octanol–water partition coefficient (Wildman–Crippen LogP) is 2.52. The molecule has 1 saturated carbocycles. The van der Waals surface area contributed by atoms with Gasteiger partial charge in [-0.3, -0.25) is 9.69 Å². The second kappa shape index (κ2) is 6.56. The fraction of sp³-hybridized carbons (Fsp3) is 0.550. The number of hydrogen-bond donors (Lipinski definition) is 0. The number of carbonyl (C=O) groups is 1. The molecule has 25 heavy (non-hydrogen) atoms. The number of carbonyl (C=O) groups excluding carboxylic acids is 1. The average molecular weight is 343 g/mol. The third-order valence-corrected chi connectivity index (χ3v) is 5.74. The zero-order chi connectivity index (χ0) is 17.3. The van der Waals surface area contributed by atoms with E-state index >= 15 is 0 Å². The molecule has 0 N–H and O–H groups in total. The van der Waals surface area contributed by atoms with Crippen molar-refractivity contribution in [3.63, 3.8) is 0 Å². The number of fused-ring (bicyclic) bond motifs is 1. The summed E-state index contributed by atoms with van der Waals surface area (Å²) >= 11 is 0. The standard InChI is InChI=1S/C20H25NO4/c1-23-18(22)19-8-9-20(24-11-12-25-20)13-17(19)7-10-21(15-19)14-16-5-3-2-4-6-16/h2-7H,8-15H2,1H3. The lowest BCUT2D eigenvalue weighted by Gasteiger charge is -2.48. The molecule has 2 fully saturated rings. The van der Waals surface area contributed by atoms with Crippen LogP contribution in [0.25, 0.3) is 0 Å². The highest BCUT2D eigenvalue weighted by Gasteiger charge is 2.55. The molecule has 2 aliphatic heterocycles. The number of nitrogens with zero attached hydrogens (tertiary/aromatic N) is 1. The molecule has 0 amide bonds. The van der Waals surface area contributed by atoms with Crippen LogP contribution in [0.5, 0.6) is 0 Å². The molecule has 5 heteroatoms. The van der Waals surface area contributed by atoms with E-state index in [4.69, 9.17) is 14.2 Å². The maximum absolute atomic E-state index is 12.8. The van der Waals surface area contributed by atoms with Gasteiger partial charge in [0.05, 0.1) is 20.3 Å². The number of hydrogen-bond acceptors (Lipinski definition) is 5. The van der Waals surface area contributed by atoms with Crippen LogP contribution in [0.1, 0.15) is 24.8 Å². The summed E-state index contributed by atoms with van der Waals surface area (Å²) in [5.74, 6) is -0.658. The maximum Gasteiger partial charge on any atom is 0.317 e. The fourth-order valence-corrected chi connectivity index (χ4v) is 4.44. The Kier molecular flexibility index (Phi) is 4.40. The van der Waals surface area contributed by atoms with Crippen LogP contribution >= 0.6 is 0 Å². The lowest BCUT2D eigenvalue weighted by molar-refractivity contribution is -0.187. The van der Waals surface area contributed by atoms with Crippen molar-refractivity contribution in [3.8, 4) is 0 Å². The molecule has 4 rings (SSSR count). The number of esters is 1. The van der Waals surface area contributed by atoms with Crippen molar-refractivity contribution in [2.45, 2.75) is 31.6 Å². The lowest BCUT2D eigenvalue weighted by Crippen LogP contribution is -2.53. The van der Waals surface area contributed by atoms with Crippen LogP contribution in [0.15, 0.2) is 42.0 Å². The van der Waals surface area contributed by atoms with Crippen molar-refractivity contribution >= 4 is 5.97 Å². The molecular weight excluding hydrogens is 318 g/mol. The summed E-state index contributed by atoms with van der Waals surface area (Å²) in [7, 11) is 1.48. The molecule has 1 unspecified atom stereocenters. The van der Waals surface area contributed by atoms with Crippen molar-refractivity contribution in [2.75, 3.05) is 33.4 Å².